The summed E-state index contributed by atoms with van der Waals surface area (Å²) in [5.41, 5.74) is 5.27. The Labute approximate surface area is 179 Å². The molecule has 0 atom stereocenters. The third-order valence-corrected chi connectivity index (χ3v) is 6.14. The lowest BCUT2D eigenvalue weighted by Crippen LogP contribution is -2.46. The van der Waals surface area contributed by atoms with Crippen LogP contribution < -0.4 is 15.8 Å². The molecule has 2 aliphatic heterocycles. The zero-order valence-electron chi connectivity index (χ0n) is 17.5. The first-order valence-electron chi connectivity index (χ1n) is 10.5. The minimum absolute atomic E-state index is 0.0400. The molecule has 5 rings (SSSR count). The molecule has 0 aliphatic carbocycles. The largest absolute Gasteiger partial charge is 0.372 e. The van der Waals surface area contributed by atoms with Crippen molar-refractivity contribution in [3.63, 3.8) is 0 Å². The van der Waals surface area contributed by atoms with E-state index in [2.05, 4.69) is 43.3 Å². The molecule has 1 saturated heterocycles. The molecule has 0 unspecified atom stereocenters. The van der Waals surface area contributed by atoms with Gasteiger partial charge in [0.1, 0.15) is 5.69 Å². The highest BCUT2D eigenvalue weighted by Gasteiger charge is 2.20. The third kappa shape index (κ3) is 3.80. The first kappa shape index (κ1) is 19.7. The van der Waals surface area contributed by atoms with Crippen LogP contribution in [-0.4, -0.2) is 54.0 Å². The Kier molecular flexibility index (Phi) is 5.17. The second-order valence-corrected chi connectivity index (χ2v) is 8.03. The Hall–Kier alpha value is -3.23. The van der Waals surface area contributed by atoms with Crippen LogP contribution >= 0.6 is 0 Å². The van der Waals surface area contributed by atoms with Gasteiger partial charge in [-0.2, -0.15) is 0 Å². The zero-order chi connectivity index (χ0) is 21.4. The lowest BCUT2D eigenvalue weighted by molar-refractivity contribution is 0.0958. The summed E-state index contributed by atoms with van der Waals surface area (Å²) in [5, 5.41) is 3.67. The Morgan fingerprint density at radius 1 is 1.13 bits per heavy atom. The van der Waals surface area contributed by atoms with Gasteiger partial charge in [0.2, 0.25) is 0 Å². The average Bonchev–Trinajstić information content (AvgIpc) is 3.30. The SMILES string of the molecule is CNC(=O)c1ccc(N2CCN(Cc3ccc4c5c(c(=O)[nH]c4c3)COC5)CC2)cn1. The van der Waals surface area contributed by atoms with E-state index in [1.807, 2.05) is 6.07 Å². The molecule has 0 radical (unpaired) electrons. The van der Waals surface area contributed by atoms with Gasteiger partial charge in [0.05, 0.1) is 25.1 Å². The van der Waals surface area contributed by atoms with Gasteiger partial charge >= 0.3 is 0 Å². The molecule has 2 aromatic heterocycles. The molecular formula is C23H25N5O3. The van der Waals surface area contributed by atoms with E-state index >= 15 is 0 Å². The van der Waals surface area contributed by atoms with Crippen molar-refractivity contribution in [2.75, 3.05) is 38.1 Å². The smallest absolute Gasteiger partial charge is 0.269 e. The molecule has 160 valence electrons. The zero-order valence-corrected chi connectivity index (χ0v) is 17.5. The fourth-order valence-corrected chi connectivity index (χ4v) is 4.38. The summed E-state index contributed by atoms with van der Waals surface area (Å²) in [7, 11) is 1.60. The number of nitrogens with zero attached hydrogens (tertiary/aromatic N) is 3. The lowest BCUT2D eigenvalue weighted by Gasteiger charge is -2.36. The second-order valence-electron chi connectivity index (χ2n) is 8.03. The number of amides is 1. The summed E-state index contributed by atoms with van der Waals surface area (Å²) in [6, 6.07) is 10.0. The first-order valence-corrected chi connectivity index (χ1v) is 10.5. The maximum atomic E-state index is 12.3. The number of hydrogen-bond acceptors (Lipinski definition) is 6. The number of nitrogens with one attached hydrogen (secondary N) is 2. The Bertz CT molecular complexity index is 1180. The molecule has 31 heavy (non-hydrogen) atoms. The van der Waals surface area contributed by atoms with Crippen molar-refractivity contribution in [3.05, 3.63) is 69.3 Å². The van der Waals surface area contributed by atoms with Crippen LogP contribution in [0.15, 0.2) is 41.3 Å². The number of benzene rings is 1. The van der Waals surface area contributed by atoms with Crippen molar-refractivity contribution in [2.24, 2.45) is 0 Å². The lowest BCUT2D eigenvalue weighted by atomic mass is 10.0. The number of anilines is 1. The molecule has 2 aliphatic rings. The molecular weight excluding hydrogens is 394 g/mol. The fraction of sp³-hybridized carbons (Fsp3) is 0.348. The molecule has 4 heterocycles. The van der Waals surface area contributed by atoms with Crippen LogP contribution in [0.25, 0.3) is 10.9 Å². The number of carbonyl (C=O) groups is 1. The molecule has 8 nitrogen and oxygen atoms in total. The van der Waals surface area contributed by atoms with E-state index in [1.54, 1.807) is 19.3 Å². The highest BCUT2D eigenvalue weighted by Crippen LogP contribution is 2.26. The molecule has 2 N–H and O–H groups in total. The molecule has 8 heteroatoms. The van der Waals surface area contributed by atoms with Gasteiger partial charge in [-0.1, -0.05) is 12.1 Å². The van der Waals surface area contributed by atoms with Gasteiger partial charge in [0.15, 0.2) is 0 Å². The summed E-state index contributed by atoms with van der Waals surface area (Å²) in [5.74, 6) is -0.175. The molecule has 1 fully saturated rings. The van der Waals surface area contributed by atoms with E-state index < -0.39 is 0 Å². The highest BCUT2D eigenvalue weighted by atomic mass is 16.5. The Balaban J connectivity index is 1.24. The summed E-state index contributed by atoms with van der Waals surface area (Å²) in [6.45, 7) is 5.42. The summed E-state index contributed by atoms with van der Waals surface area (Å²) in [4.78, 5) is 35.9. The Morgan fingerprint density at radius 2 is 1.94 bits per heavy atom. The molecule has 0 saturated carbocycles. The van der Waals surface area contributed by atoms with Gasteiger partial charge in [-0.15, -0.1) is 0 Å². The van der Waals surface area contributed by atoms with Gasteiger partial charge in [-0.3, -0.25) is 14.5 Å². The normalized spacial score (nSPS) is 16.5. The van der Waals surface area contributed by atoms with Crippen molar-refractivity contribution >= 4 is 22.5 Å². The van der Waals surface area contributed by atoms with E-state index in [9.17, 15) is 9.59 Å². The summed E-state index contributed by atoms with van der Waals surface area (Å²) >= 11 is 0. The average molecular weight is 419 g/mol. The van der Waals surface area contributed by atoms with Crippen molar-refractivity contribution in [3.8, 4) is 0 Å². The number of rotatable bonds is 4. The van der Waals surface area contributed by atoms with Crippen LogP contribution in [-0.2, 0) is 24.5 Å². The number of hydrogen-bond donors (Lipinski definition) is 2. The fourth-order valence-electron chi connectivity index (χ4n) is 4.38. The number of ether oxygens (including phenoxy) is 1. The minimum atomic E-state index is -0.175. The Morgan fingerprint density at radius 3 is 2.68 bits per heavy atom. The molecule has 1 aromatic carbocycles. The monoisotopic (exact) mass is 419 g/mol. The molecule has 1 amide bonds. The van der Waals surface area contributed by atoms with Crippen molar-refractivity contribution in [1.29, 1.82) is 0 Å². The maximum absolute atomic E-state index is 12.3. The van der Waals surface area contributed by atoms with E-state index in [1.165, 1.54) is 5.56 Å². The number of piperazine rings is 1. The number of H-pyrrole nitrogens is 1. The van der Waals surface area contributed by atoms with Gasteiger partial charge in [0.25, 0.3) is 11.5 Å². The third-order valence-electron chi connectivity index (χ3n) is 6.14. The number of aromatic nitrogens is 2. The number of fused-ring (bicyclic) bond motifs is 3. The van der Waals surface area contributed by atoms with Crippen LogP contribution in [0.5, 0.6) is 0 Å². The summed E-state index contributed by atoms with van der Waals surface area (Å²) in [6.07, 6.45) is 1.77. The number of carbonyl (C=O) groups excluding carboxylic acids is 1. The van der Waals surface area contributed by atoms with Crippen LogP contribution in [0, 0.1) is 0 Å². The van der Waals surface area contributed by atoms with Crippen molar-refractivity contribution in [2.45, 2.75) is 19.8 Å². The van der Waals surface area contributed by atoms with Crippen LogP contribution in [0.3, 0.4) is 0 Å². The molecule has 0 bridgehead atoms. The van der Waals surface area contributed by atoms with Gasteiger partial charge in [-0.05, 0) is 29.3 Å². The quantitative estimate of drug-likeness (QED) is 0.668. The van der Waals surface area contributed by atoms with Gasteiger partial charge < -0.3 is 19.9 Å². The van der Waals surface area contributed by atoms with E-state index in [4.69, 9.17) is 4.74 Å². The van der Waals surface area contributed by atoms with Crippen molar-refractivity contribution in [1.82, 2.24) is 20.2 Å². The first-order chi connectivity index (χ1) is 15.1. The number of pyridine rings is 2. The summed E-state index contributed by atoms with van der Waals surface area (Å²) < 4.78 is 5.47. The highest BCUT2D eigenvalue weighted by molar-refractivity contribution is 5.92. The second kappa shape index (κ2) is 8.13. The van der Waals surface area contributed by atoms with E-state index in [-0.39, 0.29) is 11.5 Å². The molecule has 3 aromatic rings. The minimum Gasteiger partial charge on any atom is -0.372 e. The van der Waals surface area contributed by atoms with Crippen molar-refractivity contribution < 1.29 is 9.53 Å². The maximum Gasteiger partial charge on any atom is 0.269 e. The topological polar surface area (TPSA) is 90.6 Å². The standard InChI is InChI=1S/C23H25N5O3/c1-24-23(30)20-5-3-16(11-25-20)28-8-6-27(7-9-28)12-15-2-4-17-18-13-31-14-19(18)22(29)26-21(17)10-15/h2-5,10-11H,6-9,12-14H2,1H3,(H,24,30)(H,26,29). The van der Waals surface area contributed by atoms with Gasteiger partial charge in [-0.25, -0.2) is 4.98 Å². The van der Waals surface area contributed by atoms with Crippen LogP contribution in [0.2, 0.25) is 0 Å². The number of aromatic amines is 1. The van der Waals surface area contributed by atoms with Crippen LogP contribution in [0.1, 0.15) is 27.2 Å². The predicted octanol–water partition coefficient (Wildman–Crippen LogP) is 1.64. The predicted molar refractivity (Wildman–Crippen MR) is 118 cm³/mol. The van der Waals surface area contributed by atoms with E-state index in [0.29, 0.717) is 18.9 Å². The van der Waals surface area contributed by atoms with Gasteiger partial charge in [0, 0.05) is 56.2 Å². The van der Waals surface area contributed by atoms with E-state index in [0.717, 1.165) is 60.4 Å². The van der Waals surface area contributed by atoms with Crippen LogP contribution in [0.4, 0.5) is 5.69 Å². The molecule has 0 spiro atoms.